The van der Waals surface area contributed by atoms with Crippen molar-refractivity contribution in [2.75, 3.05) is 12.4 Å². The van der Waals surface area contributed by atoms with E-state index in [4.69, 9.17) is 4.74 Å². The summed E-state index contributed by atoms with van der Waals surface area (Å²) in [6.07, 6.45) is 5.22. The molecule has 0 amide bonds. The highest BCUT2D eigenvalue weighted by Gasteiger charge is 2.07. The first-order chi connectivity index (χ1) is 12.3. The van der Waals surface area contributed by atoms with Crippen LogP contribution in [0.15, 0.2) is 48.9 Å². The molecular weight excluding hydrogens is 334 g/mol. The number of hydrogen-bond acceptors (Lipinski definition) is 6. The van der Waals surface area contributed by atoms with E-state index in [9.17, 15) is 0 Å². The highest BCUT2D eigenvalue weighted by Crippen LogP contribution is 2.32. The molecule has 6 nitrogen and oxygen atoms in total. The van der Waals surface area contributed by atoms with E-state index in [-0.39, 0.29) is 0 Å². The SMILES string of the molecule is CC.COc1cncc(-c2ccc3nc(Nc4ccn[nH]4)sc3c2)c1. The van der Waals surface area contributed by atoms with Crippen molar-refractivity contribution in [2.45, 2.75) is 13.8 Å². The third-order valence-corrected chi connectivity index (χ3v) is 4.35. The number of thiazole rings is 1. The number of H-pyrrole nitrogens is 1. The fraction of sp³-hybridized carbons (Fsp3) is 0.167. The van der Waals surface area contributed by atoms with Gasteiger partial charge in [0, 0.05) is 17.8 Å². The van der Waals surface area contributed by atoms with Crippen LogP contribution in [0.2, 0.25) is 0 Å². The number of aromatic nitrogens is 4. The Hall–Kier alpha value is -2.93. The monoisotopic (exact) mass is 353 g/mol. The zero-order chi connectivity index (χ0) is 17.6. The molecule has 0 unspecified atom stereocenters. The van der Waals surface area contributed by atoms with E-state index < -0.39 is 0 Å². The molecule has 3 aromatic heterocycles. The number of ether oxygens (including phenoxy) is 1. The molecule has 0 bridgehead atoms. The number of rotatable bonds is 4. The number of methoxy groups -OCH3 is 1. The third kappa shape index (κ3) is 3.77. The normalized spacial score (nSPS) is 10.2. The van der Waals surface area contributed by atoms with Gasteiger partial charge in [-0.3, -0.25) is 10.1 Å². The fourth-order valence-electron chi connectivity index (χ4n) is 2.29. The van der Waals surface area contributed by atoms with Crippen LogP contribution in [0.5, 0.6) is 5.75 Å². The Bertz CT molecular complexity index is 949. The van der Waals surface area contributed by atoms with Crippen LogP contribution in [-0.4, -0.2) is 27.3 Å². The molecule has 0 aliphatic rings. The van der Waals surface area contributed by atoms with E-state index >= 15 is 0 Å². The standard InChI is InChI=1S/C16H13N5OS.C2H6/c1-22-12-6-11(8-17-9-12)10-2-3-13-14(7-10)23-16(19-13)20-15-4-5-18-21-15;1-2/h2-9H,1H3,(H2,18,19,20,21);1-2H3. The molecule has 128 valence electrons. The highest BCUT2D eigenvalue weighted by atomic mass is 32.1. The van der Waals surface area contributed by atoms with Gasteiger partial charge in [-0.1, -0.05) is 31.3 Å². The van der Waals surface area contributed by atoms with Crippen molar-refractivity contribution in [3.05, 3.63) is 48.9 Å². The van der Waals surface area contributed by atoms with Gasteiger partial charge in [0.05, 0.1) is 29.7 Å². The Morgan fingerprint density at radius 1 is 1.08 bits per heavy atom. The van der Waals surface area contributed by atoms with Crippen LogP contribution in [0.25, 0.3) is 21.3 Å². The molecule has 0 spiro atoms. The van der Waals surface area contributed by atoms with E-state index in [0.29, 0.717) is 0 Å². The summed E-state index contributed by atoms with van der Waals surface area (Å²) in [5.74, 6) is 1.56. The number of nitrogens with zero attached hydrogens (tertiary/aromatic N) is 3. The maximum Gasteiger partial charge on any atom is 0.189 e. The minimum absolute atomic E-state index is 0.744. The lowest BCUT2D eigenvalue weighted by Crippen LogP contribution is -1.88. The predicted octanol–water partition coefficient (Wildman–Crippen LogP) is 4.86. The molecule has 3 heterocycles. The van der Waals surface area contributed by atoms with Crippen LogP contribution in [-0.2, 0) is 0 Å². The average Bonchev–Trinajstić information content (AvgIpc) is 3.32. The van der Waals surface area contributed by atoms with Gasteiger partial charge < -0.3 is 10.1 Å². The number of benzene rings is 1. The van der Waals surface area contributed by atoms with Crippen LogP contribution in [0, 0.1) is 0 Å². The zero-order valence-corrected chi connectivity index (χ0v) is 15.1. The van der Waals surface area contributed by atoms with Crippen LogP contribution in [0.4, 0.5) is 10.9 Å². The topological polar surface area (TPSA) is 75.7 Å². The highest BCUT2D eigenvalue weighted by molar-refractivity contribution is 7.22. The van der Waals surface area contributed by atoms with Gasteiger partial charge in [0.1, 0.15) is 11.6 Å². The van der Waals surface area contributed by atoms with Gasteiger partial charge in [0.25, 0.3) is 0 Å². The molecule has 0 atom stereocenters. The summed E-state index contributed by atoms with van der Waals surface area (Å²) in [4.78, 5) is 8.78. The lowest BCUT2D eigenvalue weighted by molar-refractivity contribution is 0.413. The first-order valence-corrected chi connectivity index (χ1v) is 8.80. The lowest BCUT2D eigenvalue weighted by atomic mass is 10.1. The smallest absolute Gasteiger partial charge is 0.189 e. The second kappa shape index (κ2) is 7.76. The number of nitrogens with one attached hydrogen (secondary N) is 2. The minimum Gasteiger partial charge on any atom is -0.495 e. The Morgan fingerprint density at radius 3 is 2.72 bits per heavy atom. The second-order valence-corrected chi connectivity index (χ2v) is 5.94. The van der Waals surface area contributed by atoms with E-state index in [0.717, 1.165) is 38.0 Å². The quantitative estimate of drug-likeness (QED) is 0.548. The number of fused-ring (bicyclic) bond motifs is 1. The van der Waals surface area contributed by atoms with Gasteiger partial charge in [-0.05, 0) is 23.8 Å². The van der Waals surface area contributed by atoms with E-state index in [1.807, 2.05) is 44.3 Å². The Kier molecular flexibility index (Phi) is 5.25. The van der Waals surface area contributed by atoms with Crippen molar-refractivity contribution in [2.24, 2.45) is 0 Å². The molecule has 0 fully saturated rings. The fourth-order valence-corrected chi connectivity index (χ4v) is 3.20. The molecule has 2 N–H and O–H groups in total. The van der Waals surface area contributed by atoms with E-state index in [2.05, 4.69) is 31.5 Å². The van der Waals surface area contributed by atoms with Crippen LogP contribution in [0.1, 0.15) is 13.8 Å². The first kappa shape index (κ1) is 16.9. The van der Waals surface area contributed by atoms with Crippen molar-refractivity contribution in [3.8, 4) is 16.9 Å². The third-order valence-electron chi connectivity index (χ3n) is 3.41. The van der Waals surface area contributed by atoms with Gasteiger partial charge in [-0.15, -0.1) is 0 Å². The molecule has 0 saturated heterocycles. The van der Waals surface area contributed by atoms with Gasteiger partial charge in [0.2, 0.25) is 0 Å². The number of aromatic amines is 1. The summed E-state index contributed by atoms with van der Waals surface area (Å²) in [5.41, 5.74) is 3.06. The van der Waals surface area contributed by atoms with Crippen molar-refractivity contribution in [1.82, 2.24) is 20.2 Å². The molecule has 1 aromatic carbocycles. The summed E-state index contributed by atoms with van der Waals surface area (Å²) in [6, 6.07) is 10.00. The van der Waals surface area contributed by atoms with E-state index in [1.54, 1.807) is 30.8 Å². The van der Waals surface area contributed by atoms with Gasteiger partial charge in [-0.25, -0.2) is 4.98 Å². The Labute approximate surface area is 149 Å². The Balaban J connectivity index is 0.000000880. The number of hydrogen-bond donors (Lipinski definition) is 2. The molecule has 0 radical (unpaired) electrons. The molecule has 4 aromatic rings. The zero-order valence-electron chi connectivity index (χ0n) is 14.3. The van der Waals surface area contributed by atoms with Gasteiger partial charge >= 0.3 is 0 Å². The van der Waals surface area contributed by atoms with Crippen LogP contribution >= 0.6 is 11.3 Å². The summed E-state index contributed by atoms with van der Waals surface area (Å²) in [5, 5.41) is 10.8. The summed E-state index contributed by atoms with van der Waals surface area (Å²) in [7, 11) is 1.64. The maximum absolute atomic E-state index is 5.24. The maximum atomic E-state index is 5.24. The van der Waals surface area contributed by atoms with Crippen molar-refractivity contribution < 1.29 is 4.74 Å². The summed E-state index contributed by atoms with van der Waals surface area (Å²) in [6.45, 7) is 4.00. The average molecular weight is 353 g/mol. The predicted molar refractivity (Wildman–Crippen MR) is 103 cm³/mol. The molecule has 25 heavy (non-hydrogen) atoms. The number of anilines is 2. The van der Waals surface area contributed by atoms with E-state index in [1.165, 1.54) is 0 Å². The molecule has 0 aliphatic carbocycles. The largest absolute Gasteiger partial charge is 0.495 e. The molecular formula is C18H19N5OS. The van der Waals surface area contributed by atoms with Crippen molar-refractivity contribution in [1.29, 1.82) is 0 Å². The molecule has 0 aliphatic heterocycles. The second-order valence-electron chi connectivity index (χ2n) is 4.91. The molecule has 4 rings (SSSR count). The minimum atomic E-state index is 0.744. The molecule has 0 saturated carbocycles. The van der Waals surface area contributed by atoms with Crippen LogP contribution in [0.3, 0.4) is 0 Å². The van der Waals surface area contributed by atoms with Gasteiger partial charge in [0.15, 0.2) is 5.13 Å². The van der Waals surface area contributed by atoms with Gasteiger partial charge in [-0.2, -0.15) is 5.10 Å². The summed E-state index contributed by atoms with van der Waals surface area (Å²) >= 11 is 1.59. The van der Waals surface area contributed by atoms with Crippen molar-refractivity contribution >= 4 is 32.5 Å². The summed E-state index contributed by atoms with van der Waals surface area (Å²) < 4.78 is 6.34. The lowest BCUT2D eigenvalue weighted by Gasteiger charge is -2.03. The first-order valence-electron chi connectivity index (χ1n) is 7.98. The van der Waals surface area contributed by atoms with Crippen LogP contribution < -0.4 is 10.1 Å². The van der Waals surface area contributed by atoms with Crippen molar-refractivity contribution in [3.63, 3.8) is 0 Å². The number of pyridine rings is 1. The Morgan fingerprint density at radius 2 is 1.96 bits per heavy atom. The molecule has 7 heteroatoms.